The Morgan fingerprint density at radius 1 is 1.33 bits per heavy atom. The van der Waals surface area contributed by atoms with Crippen LogP contribution in [0.3, 0.4) is 0 Å². The molecule has 66 valence electrons. The lowest BCUT2D eigenvalue weighted by Gasteiger charge is -1.99. The molecule has 1 heterocycles. The van der Waals surface area contributed by atoms with Gasteiger partial charge in [-0.15, -0.1) is 0 Å². The minimum atomic E-state index is 1.02. The molecular formula is C11H16O. The Labute approximate surface area is 74.1 Å². The van der Waals surface area contributed by atoms with Crippen molar-refractivity contribution in [3.05, 3.63) is 29.2 Å². The molecule has 1 heteroatoms. The molecule has 0 aromatic carbocycles. The van der Waals surface area contributed by atoms with Crippen LogP contribution in [0.2, 0.25) is 0 Å². The first-order valence-corrected chi connectivity index (χ1v) is 4.62. The Bertz CT molecular complexity index is 269. The number of hydrogen-bond acceptors (Lipinski definition) is 1. The van der Waals surface area contributed by atoms with Gasteiger partial charge >= 0.3 is 0 Å². The zero-order valence-electron chi connectivity index (χ0n) is 8.05. The standard InChI is InChI=1S/C9H10O.C2H6/c1-7-6-8-4-2-3-5-9(8)10-7;1-2/h3,5-6H,2,4H2,1H3;1-2H3. The van der Waals surface area contributed by atoms with Crippen molar-refractivity contribution in [1.29, 1.82) is 0 Å². The summed E-state index contributed by atoms with van der Waals surface area (Å²) in [6, 6.07) is 2.12. The molecule has 0 saturated heterocycles. The van der Waals surface area contributed by atoms with Gasteiger partial charge in [-0.2, -0.15) is 0 Å². The Morgan fingerprint density at radius 3 is 2.75 bits per heavy atom. The predicted molar refractivity (Wildman–Crippen MR) is 52.1 cm³/mol. The van der Waals surface area contributed by atoms with E-state index < -0.39 is 0 Å². The van der Waals surface area contributed by atoms with E-state index in [-0.39, 0.29) is 0 Å². The van der Waals surface area contributed by atoms with E-state index in [2.05, 4.69) is 18.2 Å². The number of rotatable bonds is 0. The molecule has 0 aliphatic heterocycles. The molecule has 0 bridgehead atoms. The maximum atomic E-state index is 5.42. The lowest BCUT2D eigenvalue weighted by Crippen LogP contribution is -1.87. The SMILES string of the molecule is CC.Cc1cc2c(o1)C=CCC2. The van der Waals surface area contributed by atoms with Gasteiger partial charge in [0.25, 0.3) is 0 Å². The highest BCUT2D eigenvalue weighted by Crippen LogP contribution is 2.21. The van der Waals surface area contributed by atoms with Crippen molar-refractivity contribution < 1.29 is 4.42 Å². The fraction of sp³-hybridized carbons (Fsp3) is 0.455. The van der Waals surface area contributed by atoms with Gasteiger partial charge in [0.15, 0.2) is 0 Å². The van der Waals surface area contributed by atoms with E-state index in [4.69, 9.17) is 4.42 Å². The van der Waals surface area contributed by atoms with Crippen LogP contribution in [0.5, 0.6) is 0 Å². The molecule has 0 amide bonds. The van der Waals surface area contributed by atoms with Crippen LogP contribution in [0.15, 0.2) is 16.6 Å². The number of fused-ring (bicyclic) bond motifs is 1. The highest BCUT2D eigenvalue weighted by atomic mass is 16.3. The Morgan fingerprint density at radius 2 is 2.08 bits per heavy atom. The first-order chi connectivity index (χ1) is 5.86. The van der Waals surface area contributed by atoms with Gasteiger partial charge in [0.05, 0.1) is 0 Å². The van der Waals surface area contributed by atoms with Crippen molar-refractivity contribution in [2.24, 2.45) is 0 Å². The molecule has 2 rings (SSSR count). The first-order valence-electron chi connectivity index (χ1n) is 4.62. The van der Waals surface area contributed by atoms with E-state index in [9.17, 15) is 0 Å². The second kappa shape index (κ2) is 4.15. The molecule has 1 nitrogen and oxygen atoms in total. The van der Waals surface area contributed by atoms with Crippen LogP contribution in [0, 0.1) is 6.92 Å². The molecule has 0 radical (unpaired) electrons. The molecule has 1 aliphatic carbocycles. The van der Waals surface area contributed by atoms with Crippen LogP contribution in [0.25, 0.3) is 6.08 Å². The third-order valence-corrected chi connectivity index (χ3v) is 1.81. The molecule has 1 aromatic rings. The van der Waals surface area contributed by atoms with Crippen molar-refractivity contribution in [1.82, 2.24) is 0 Å². The largest absolute Gasteiger partial charge is 0.462 e. The lowest BCUT2D eigenvalue weighted by molar-refractivity contribution is 0.520. The van der Waals surface area contributed by atoms with Crippen LogP contribution < -0.4 is 0 Å². The van der Waals surface area contributed by atoms with Gasteiger partial charge in [-0.3, -0.25) is 0 Å². The number of furan rings is 1. The topological polar surface area (TPSA) is 13.1 Å². The van der Waals surface area contributed by atoms with Gasteiger partial charge in [0.2, 0.25) is 0 Å². The number of hydrogen-bond donors (Lipinski definition) is 0. The van der Waals surface area contributed by atoms with Gasteiger partial charge in [-0.1, -0.05) is 19.9 Å². The summed E-state index contributed by atoms with van der Waals surface area (Å²) >= 11 is 0. The van der Waals surface area contributed by atoms with Crippen molar-refractivity contribution in [2.45, 2.75) is 33.6 Å². The average molecular weight is 164 g/mol. The molecule has 0 spiro atoms. The van der Waals surface area contributed by atoms with Gasteiger partial charge in [0, 0.05) is 0 Å². The number of allylic oxidation sites excluding steroid dienone is 1. The summed E-state index contributed by atoms with van der Waals surface area (Å²) in [6.45, 7) is 5.99. The minimum Gasteiger partial charge on any atom is -0.462 e. The molecule has 0 saturated carbocycles. The van der Waals surface area contributed by atoms with E-state index in [0.29, 0.717) is 0 Å². The van der Waals surface area contributed by atoms with E-state index in [1.54, 1.807) is 0 Å². The molecule has 0 N–H and O–H groups in total. The number of aryl methyl sites for hydroxylation is 2. The maximum Gasteiger partial charge on any atom is 0.129 e. The summed E-state index contributed by atoms with van der Waals surface area (Å²) in [4.78, 5) is 0. The smallest absolute Gasteiger partial charge is 0.129 e. The monoisotopic (exact) mass is 164 g/mol. The quantitative estimate of drug-likeness (QED) is 0.571. The molecule has 0 unspecified atom stereocenters. The van der Waals surface area contributed by atoms with Gasteiger partial charge < -0.3 is 4.42 Å². The van der Waals surface area contributed by atoms with E-state index in [1.807, 2.05) is 20.8 Å². The van der Waals surface area contributed by atoms with Gasteiger partial charge in [0.1, 0.15) is 11.5 Å². The summed E-state index contributed by atoms with van der Waals surface area (Å²) in [7, 11) is 0. The fourth-order valence-electron chi connectivity index (χ4n) is 1.35. The third kappa shape index (κ3) is 1.79. The average Bonchev–Trinajstić information content (AvgIpc) is 2.48. The van der Waals surface area contributed by atoms with E-state index in [0.717, 1.165) is 24.4 Å². The molecule has 0 fully saturated rings. The molecular weight excluding hydrogens is 148 g/mol. The van der Waals surface area contributed by atoms with Gasteiger partial charge in [-0.25, -0.2) is 0 Å². The predicted octanol–water partition coefficient (Wildman–Crippen LogP) is 3.57. The Balaban J connectivity index is 0.000000336. The minimum absolute atomic E-state index is 1.02. The van der Waals surface area contributed by atoms with Crippen LogP contribution in [0.4, 0.5) is 0 Å². The van der Waals surface area contributed by atoms with Crippen LogP contribution in [-0.4, -0.2) is 0 Å². The second-order valence-corrected chi connectivity index (χ2v) is 2.69. The normalized spacial score (nSPS) is 13.2. The first kappa shape index (κ1) is 9.11. The summed E-state index contributed by atoms with van der Waals surface area (Å²) in [6.07, 6.45) is 6.52. The summed E-state index contributed by atoms with van der Waals surface area (Å²) in [5.74, 6) is 2.08. The van der Waals surface area contributed by atoms with E-state index in [1.165, 1.54) is 5.56 Å². The third-order valence-electron chi connectivity index (χ3n) is 1.81. The maximum absolute atomic E-state index is 5.42. The van der Waals surface area contributed by atoms with Gasteiger partial charge in [-0.05, 0) is 37.5 Å². The highest BCUT2D eigenvalue weighted by Gasteiger charge is 2.07. The lowest BCUT2D eigenvalue weighted by atomic mass is 10.1. The Kier molecular flexibility index (Phi) is 3.15. The Hall–Kier alpha value is -0.980. The highest BCUT2D eigenvalue weighted by molar-refractivity contribution is 5.50. The zero-order valence-corrected chi connectivity index (χ0v) is 8.05. The summed E-state index contributed by atoms with van der Waals surface area (Å²) in [5, 5.41) is 0. The van der Waals surface area contributed by atoms with Crippen LogP contribution in [-0.2, 0) is 6.42 Å². The molecule has 12 heavy (non-hydrogen) atoms. The van der Waals surface area contributed by atoms with Crippen molar-refractivity contribution >= 4 is 6.08 Å². The fourth-order valence-corrected chi connectivity index (χ4v) is 1.35. The second-order valence-electron chi connectivity index (χ2n) is 2.69. The van der Waals surface area contributed by atoms with E-state index >= 15 is 0 Å². The van der Waals surface area contributed by atoms with Crippen LogP contribution in [0.1, 0.15) is 37.4 Å². The van der Waals surface area contributed by atoms with Crippen molar-refractivity contribution in [2.75, 3.05) is 0 Å². The molecule has 0 atom stereocenters. The molecule has 1 aromatic heterocycles. The summed E-state index contributed by atoms with van der Waals surface area (Å²) in [5.41, 5.74) is 1.36. The summed E-state index contributed by atoms with van der Waals surface area (Å²) < 4.78 is 5.42. The van der Waals surface area contributed by atoms with Crippen molar-refractivity contribution in [3.63, 3.8) is 0 Å². The molecule has 1 aliphatic rings. The van der Waals surface area contributed by atoms with Crippen LogP contribution >= 0.6 is 0 Å². The zero-order chi connectivity index (χ0) is 8.97. The van der Waals surface area contributed by atoms with Crippen molar-refractivity contribution in [3.8, 4) is 0 Å².